The maximum absolute atomic E-state index is 12.5. The number of aromatic nitrogens is 2. The monoisotopic (exact) mass is 445 g/mol. The van der Waals surface area contributed by atoms with Gasteiger partial charge in [0.25, 0.3) is 0 Å². The summed E-state index contributed by atoms with van der Waals surface area (Å²) in [5.41, 5.74) is 3.04. The summed E-state index contributed by atoms with van der Waals surface area (Å²) >= 11 is 5.96. The second kappa shape index (κ2) is 7.98. The first-order valence-electron chi connectivity index (χ1n) is 8.17. The zero-order chi connectivity index (χ0) is 18.1. The Bertz CT molecular complexity index is 1130. The van der Waals surface area contributed by atoms with Crippen LogP contribution in [0.25, 0.3) is 11.0 Å². The van der Waals surface area contributed by atoms with E-state index in [9.17, 15) is 4.79 Å². The molecular formula is C20H17BrClN3O2. The van der Waals surface area contributed by atoms with Crippen LogP contribution in [-0.4, -0.2) is 14.9 Å². The van der Waals surface area contributed by atoms with Gasteiger partial charge in [0.15, 0.2) is 5.76 Å². The molecule has 0 spiro atoms. The van der Waals surface area contributed by atoms with Crippen LogP contribution in [0.3, 0.4) is 0 Å². The molecule has 0 radical (unpaired) electrons. The van der Waals surface area contributed by atoms with Gasteiger partial charge in [0.2, 0.25) is 11.4 Å². The van der Waals surface area contributed by atoms with Gasteiger partial charge in [-0.1, -0.05) is 35.9 Å². The summed E-state index contributed by atoms with van der Waals surface area (Å²) in [6.45, 7) is 0.582. The Balaban J connectivity index is 0.00000210. The van der Waals surface area contributed by atoms with E-state index in [-0.39, 0.29) is 34.9 Å². The highest BCUT2D eigenvalue weighted by atomic mass is 79.9. The van der Waals surface area contributed by atoms with E-state index in [4.69, 9.17) is 21.4 Å². The van der Waals surface area contributed by atoms with Crippen molar-refractivity contribution in [2.24, 2.45) is 0 Å². The van der Waals surface area contributed by atoms with Crippen molar-refractivity contribution in [2.45, 2.75) is 13.1 Å². The first-order chi connectivity index (χ1) is 12.6. The molecule has 0 aliphatic heterocycles. The number of benzene rings is 2. The van der Waals surface area contributed by atoms with Crippen molar-refractivity contribution in [3.8, 4) is 0 Å². The lowest BCUT2D eigenvalue weighted by molar-refractivity contribution is 0.0944. The van der Waals surface area contributed by atoms with Crippen LogP contribution in [0, 0.1) is 5.41 Å². The van der Waals surface area contributed by atoms with Gasteiger partial charge in [0, 0.05) is 5.02 Å². The number of carbonyl (C=O) groups is 1. The van der Waals surface area contributed by atoms with Gasteiger partial charge in [-0.3, -0.25) is 10.2 Å². The molecule has 2 aromatic heterocycles. The summed E-state index contributed by atoms with van der Waals surface area (Å²) in [5.74, 6) is 0.134. The summed E-state index contributed by atoms with van der Waals surface area (Å²) in [5, 5.41) is 9.28. The summed E-state index contributed by atoms with van der Waals surface area (Å²) in [7, 11) is 0. The van der Waals surface area contributed by atoms with Gasteiger partial charge < -0.3 is 13.6 Å². The number of carbonyl (C=O) groups excluding carboxylic acids is 1. The highest BCUT2D eigenvalue weighted by Gasteiger charge is 2.16. The molecule has 2 heterocycles. The van der Waals surface area contributed by atoms with Crippen molar-refractivity contribution in [2.75, 3.05) is 0 Å². The number of imidazole rings is 1. The SMILES string of the molecule is Br.N=c1n(CC(=O)c2ccco2)c2ccccc2n1Cc1ccc(Cl)cc1. The molecule has 27 heavy (non-hydrogen) atoms. The molecule has 5 nitrogen and oxygen atoms in total. The topological polar surface area (TPSA) is 63.9 Å². The van der Waals surface area contributed by atoms with Crippen LogP contribution in [0.4, 0.5) is 0 Å². The molecule has 0 amide bonds. The molecule has 0 saturated heterocycles. The number of nitrogens with one attached hydrogen (secondary N) is 1. The van der Waals surface area contributed by atoms with Crippen LogP contribution in [-0.2, 0) is 13.1 Å². The Morgan fingerprint density at radius 2 is 1.63 bits per heavy atom. The maximum Gasteiger partial charge on any atom is 0.217 e. The summed E-state index contributed by atoms with van der Waals surface area (Å²) < 4.78 is 8.78. The Hall–Kier alpha value is -2.57. The lowest BCUT2D eigenvalue weighted by Gasteiger charge is -2.05. The fourth-order valence-corrected chi connectivity index (χ4v) is 3.17. The van der Waals surface area contributed by atoms with Crippen LogP contribution in [0.15, 0.2) is 71.3 Å². The van der Waals surface area contributed by atoms with Gasteiger partial charge in [0.1, 0.15) is 0 Å². The normalized spacial score (nSPS) is 10.7. The Morgan fingerprint density at radius 1 is 0.963 bits per heavy atom. The third-order valence-electron chi connectivity index (χ3n) is 4.33. The second-order valence-corrected chi connectivity index (χ2v) is 6.45. The number of halogens is 2. The number of Topliss-reactive ketones (excluding diaryl/α,β-unsaturated/α-hetero) is 1. The predicted octanol–water partition coefficient (Wildman–Crippen LogP) is 4.68. The van der Waals surface area contributed by atoms with Gasteiger partial charge in [-0.15, -0.1) is 17.0 Å². The number of ketones is 1. The first-order valence-corrected chi connectivity index (χ1v) is 8.55. The van der Waals surface area contributed by atoms with Crippen molar-refractivity contribution < 1.29 is 9.21 Å². The summed E-state index contributed by atoms with van der Waals surface area (Å²) in [4.78, 5) is 12.5. The molecule has 7 heteroatoms. The Kier molecular flexibility index (Phi) is 5.68. The van der Waals surface area contributed by atoms with E-state index in [0.29, 0.717) is 17.3 Å². The standard InChI is InChI=1S/C20H16ClN3O2.BrH/c21-15-9-7-14(8-10-15)12-23-16-4-1-2-5-17(16)24(20(23)22)13-18(25)19-6-3-11-26-19;/h1-11,22H,12-13H2;1H. The van der Waals surface area contributed by atoms with E-state index < -0.39 is 0 Å². The van der Waals surface area contributed by atoms with Crippen molar-refractivity contribution in [3.63, 3.8) is 0 Å². The molecule has 1 N–H and O–H groups in total. The Labute approximate surface area is 171 Å². The Morgan fingerprint density at radius 3 is 2.26 bits per heavy atom. The minimum absolute atomic E-state index is 0. The number of nitrogens with zero attached hydrogens (tertiary/aromatic N) is 2. The van der Waals surface area contributed by atoms with E-state index in [0.717, 1.165) is 16.6 Å². The maximum atomic E-state index is 12.5. The molecule has 0 saturated carbocycles. The molecule has 0 aliphatic rings. The van der Waals surface area contributed by atoms with E-state index in [1.165, 1.54) is 6.26 Å². The lowest BCUT2D eigenvalue weighted by atomic mass is 10.2. The number of para-hydroxylation sites is 2. The summed E-state index contributed by atoms with van der Waals surface area (Å²) in [6, 6.07) is 18.6. The number of rotatable bonds is 5. The van der Waals surface area contributed by atoms with Crippen LogP contribution < -0.4 is 5.62 Å². The molecule has 138 valence electrons. The van der Waals surface area contributed by atoms with Gasteiger partial charge in [-0.05, 0) is 42.0 Å². The highest BCUT2D eigenvalue weighted by Crippen LogP contribution is 2.16. The van der Waals surface area contributed by atoms with Crippen molar-refractivity contribution in [1.82, 2.24) is 9.13 Å². The van der Waals surface area contributed by atoms with E-state index in [1.54, 1.807) is 16.7 Å². The smallest absolute Gasteiger partial charge is 0.217 e. The van der Waals surface area contributed by atoms with Gasteiger partial charge in [0.05, 0.1) is 30.4 Å². The number of hydrogen-bond acceptors (Lipinski definition) is 3. The highest BCUT2D eigenvalue weighted by molar-refractivity contribution is 8.93. The zero-order valence-electron chi connectivity index (χ0n) is 14.3. The zero-order valence-corrected chi connectivity index (χ0v) is 16.7. The first kappa shape index (κ1) is 19.2. The fourth-order valence-electron chi connectivity index (χ4n) is 3.05. The third kappa shape index (κ3) is 3.77. The van der Waals surface area contributed by atoms with Crippen molar-refractivity contribution in [1.29, 1.82) is 5.41 Å². The van der Waals surface area contributed by atoms with E-state index in [1.807, 2.05) is 53.1 Å². The minimum Gasteiger partial charge on any atom is -0.461 e. The van der Waals surface area contributed by atoms with Crippen molar-refractivity contribution in [3.05, 3.63) is 88.9 Å². The number of hydrogen-bond donors (Lipinski definition) is 1. The number of fused-ring (bicyclic) bond motifs is 1. The van der Waals surface area contributed by atoms with Crippen LogP contribution in [0.2, 0.25) is 5.02 Å². The van der Waals surface area contributed by atoms with E-state index in [2.05, 4.69) is 0 Å². The summed E-state index contributed by atoms with van der Waals surface area (Å²) in [6.07, 6.45) is 1.48. The molecule has 4 aromatic rings. The molecule has 0 aliphatic carbocycles. The second-order valence-electron chi connectivity index (χ2n) is 6.01. The average molecular weight is 447 g/mol. The fraction of sp³-hybridized carbons (Fsp3) is 0.100. The van der Waals surface area contributed by atoms with Gasteiger partial charge >= 0.3 is 0 Å². The molecule has 0 bridgehead atoms. The van der Waals surface area contributed by atoms with Crippen LogP contribution in [0.5, 0.6) is 0 Å². The van der Waals surface area contributed by atoms with E-state index >= 15 is 0 Å². The van der Waals surface area contributed by atoms with Crippen LogP contribution >= 0.6 is 28.6 Å². The molecule has 4 rings (SSSR count). The van der Waals surface area contributed by atoms with Gasteiger partial charge in [-0.25, -0.2) is 0 Å². The lowest BCUT2D eigenvalue weighted by Crippen LogP contribution is -2.27. The molecule has 0 fully saturated rings. The average Bonchev–Trinajstić information content (AvgIpc) is 3.27. The van der Waals surface area contributed by atoms with Crippen LogP contribution in [0.1, 0.15) is 16.1 Å². The van der Waals surface area contributed by atoms with Crippen molar-refractivity contribution >= 4 is 45.4 Å². The molecule has 2 aromatic carbocycles. The largest absolute Gasteiger partial charge is 0.461 e. The predicted molar refractivity (Wildman–Crippen MR) is 110 cm³/mol. The number of furan rings is 1. The third-order valence-corrected chi connectivity index (χ3v) is 4.58. The quantitative estimate of drug-likeness (QED) is 0.453. The molecule has 0 unspecified atom stereocenters. The van der Waals surface area contributed by atoms with Gasteiger partial charge in [-0.2, -0.15) is 0 Å². The molecule has 0 atom stereocenters. The minimum atomic E-state index is -0.164. The molecular weight excluding hydrogens is 430 g/mol.